The number of hydrogen-bond acceptors (Lipinski definition) is 2. The Hall–Kier alpha value is -0.290. The molecule has 0 bridgehead atoms. The van der Waals surface area contributed by atoms with Gasteiger partial charge in [0.2, 0.25) is 0 Å². The van der Waals surface area contributed by atoms with Gasteiger partial charge in [0.1, 0.15) is 5.75 Å². The molecule has 0 radical (unpaired) electrons. The third-order valence-electron chi connectivity index (χ3n) is 2.36. The van der Waals surface area contributed by atoms with E-state index in [0.29, 0.717) is 0 Å². The Labute approximate surface area is 98.3 Å². The van der Waals surface area contributed by atoms with Gasteiger partial charge in [0.15, 0.2) is 0 Å². The van der Waals surface area contributed by atoms with Gasteiger partial charge in [-0.05, 0) is 59.7 Å². The quantitative estimate of drug-likeness (QED) is 0.779. The van der Waals surface area contributed by atoms with Crippen molar-refractivity contribution >= 4 is 22.6 Å². The minimum absolute atomic E-state index is 0.951. The van der Waals surface area contributed by atoms with Gasteiger partial charge in [0.25, 0.3) is 0 Å². The second-order valence-corrected chi connectivity index (χ2v) is 4.78. The van der Waals surface area contributed by atoms with Crippen LogP contribution in [0.5, 0.6) is 5.75 Å². The smallest absolute Gasteiger partial charge is 0.147 e. The summed E-state index contributed by atoms with van der Waals surface area (Å²) >= 11 is 2.30. The standard InChI is InChI=1S/C11H14INO/c12-10-4-6-11(7-5-10)14-13-8-2-1-3-9-13/h4-7H,1-3,8-9H2. The maximum Gasteiger partial charge on any atom is 0.147 e. The summed E-state index contributed by atoms with van der Waals surface area (Å²) < 4.78 is 1.24. The third-order valence-corrected chi connectivity index (χ3v) is 3.08. The van der Waals surface area contributed by atoms with Crippen LogP contribution in [0.15, 0.2) is 24.3 Å². The average molecular weight is 303 g/mol. The molecule has 0 N–H and O–H groups in total. The van der Waals surface area contributed by atoms with E-state index in [1.54, 1.807) is 0 Å². The van der Waals surface area contributed by atoms with E-state index in [4.69, 9.17) is 4.84 Å². The minimum atomic E-state index is 0.951. The summed E-state index contributed by atoms with van der Waals surface area (Å²) in [5.74, 6) is 0.951. The molecule has 1 aliphatic heterocycles. The van der Waals surface area contributed by atoms with Gasteiger partial charge in [-0.25, -0.2) is 0 Å². The molecule has 1 fully saturated rings. The van der Waals surface area contributed by atoms with Gasteiger partial charge < -0.3 is 4.84 Å². The van der Waals surface area contributed by atoms with Crippen molar-refractivity contribution < 1.29 is 4.84 Å². The Kier molecular flexibility index (Phi) is 3.64. The van der Waals surface area contributed by atoms with Crippen molar-refractivity contribution in [2.45, 2.75) is 19.3 Å². The Bertz CT molecular complexity index is 280. The second-order valence-electron chi connectivity index (χ2n) is 3.53. The molecule has 14 heavy (non-hydrogen) atoms. The lowest BCUT2D eigenvalue weighted by Gasteiger charge is -2.25. The van der Waals surface area contributed by atoms with Crippen LogP contribution in [0.4, 0.5) is 0 Å². The van der Waals surface area contributed by atoms with Gasteiger partial charge in [-0.2, -0.15) is 0 Å². The van der Waals surface area contributed by atoms with E-state index >= 15 is 0 Å². The fraction of sp³-hybridized carbons (Fsp3) is 0.455. The van der Waals surface area contributed by atoms with E-state index in [1.807, 2.05) is 12.1 Å². The molecule has 0 unspecified atom stereocenters. The molecule has 0 atom stereocenters. The lowest BCUT2D eigenvalue weighted by Crippen LogP contribution is -2.32. The highest BCUT2D eigenvalue weighted by atomic mass is 127. The van der Waals surface area contributed by atoms with Crippen molar-refractivity contribution in [3.05, 3.63) is 27.8 Å². The summed E-state index contributed by atoms with van der Waals surface area (Å²) in [6.07, 6.45) is 3.85. The van der Waals surface area contributed by atoms with Crippen molar-refractivity contribution in [2.75, 3.05) is 13.1 Å². The molecule has 0 saturated carbocycles. The van der Waals surface area contributed by atoms with Gasteiger partial charge in [-0.15, -0.1) is 5.06 Å². The molecule has 2 nitrogen and oxygen atoms in total. The first-order chi connectivity index (χ1) is 6.84. The number of rotatable bonds is 2. The Morgan fingerprint density at radius 2 is 1.64 bits per heavy atom. The zero-order valence-corrected chi connectivity index (χ0v) is 10.2. The fourth-order valence-corrected chi connectivity index (χ4v) is 1.96. The molecule has 1 heterocycles. The minimum Gasteiger partial charge on any atom is -0.406 e. The molecule has 1 saturated heterocycles. The van der Waals surface area contributed by atoms with Crippen molar-refractivity contribution in [1.82, 2.24) is 5.06 Å². The molecule has 3 heteroatoms. The van der Waals surface area contributed by atoms with Crippen molar-refractivity contribution in [3.63, 3.8) is 0 Å². The van der Waals surface area contributed by atoms with E-state index < -0.39 is 0 Å². The molecular formula is C11H14INO. The number of nitrogens with zero attached hydrogens (tertiary/aromatic N) is 1. The molecular weight excluding hydrogens is 289 g/mol. The molecule has 0 amide bonds. The van der Waals surface area contributed by atoms with Gasteiger partial charge in [0.05, 0.1) is 0 Å². The molecule has 0 aromatic heterocycles. The molecule has 1 aromatic carbocycles. The third kappa shape index (κ3) is 2.85. The van der Waals surface area contributed by atoms with E-state index in [-0.39, 0.29) is 0 Å². The van der Waals surface area contributed by atoms with Crippen LogP contribution in [0.1, 0.15) is 19.3 Å². The molecule has 0 aliphatic carbocycles. The summed E-state index contributed by atoms with van der Waals surface area (Å²) in [4.78, 5) is 5.74. The number of halogens is 1. The summed E-state index contributed by atoms with van der Waals surface area (Å²) in [6, 6.07) is 8.19. The van der Waals surface area contributed by atoms with Crippen LogP contribution >= 0.6 is 22.6 Å². The molecule has 76 valence electrons. The number of benzene rings is 1. The van der Waals surface area contributed by atoms with E-state index in [0.717, 1.165) is 18.8 Å². The van der Waals surface area contributed by atoms with Gasteiger partial charge >= 0.3 is 0 Å². The second kappa shape index (κ2) is 4.98. The first-order valence-electron chi connectivity index (χ1n) is 5.03. The van der Waals surface area contributed by atoms with E-state index in [1.165, 1.54) is 22.8 Å². The highest BCUT2D eigenvalue weighted by Crippen LogP contribution is 2.17. The predicted octanol–water partition coefficient (Wildman–Crippen LogP) is 3.07. The zero-order chi connectivity index (χ0) is 9.80. The Morgan fingerprint density at radius 1 is 1.00 bits per heavy atom. The van der Waals surface area contributed by atoms with Crippen LogP contribution in [-0.2, 0) is 0 Å². The summed E-state index contributed by atoms with van der Waals surface area (Å²) in [7, 11) is 0. The van der Waals surface area contributed by atoms with Crippen LogP contribution in [0.25, 0.3) is 0 Å². The van der Waals surface area contributed by atoms with Crippen LogP contribution in [0.3, 0.4) is 0 Å². The van der Waals surface area contributed by atoms with Crippen molar-refractivity contribution in [2.24, 2.45) is 0 Å². The van der Waals surface area contributed by atoms with Crippen LogP contribution in [-0.4, -0.2) is 18.2 Å². The SMILES string of the molecule is Ic1ccc(ON2CCCCC2)cc1. The topological polar surface area (TPSA) is 12.5 Å². The first kappa shape index (κ1) is 10.2. The maximum absolute atomic E-state index is 5.74. The van der Waals surface area contributed by atoms with Crippen LogP contribution in [0, 0.1) is 3.57 Å². The predicted molar refractivity (Wildman–Crippen MR) is 65.2 cm³/mol. The monoisotopic (exact) mass is 303 g/mol. The van der Waals surface area contributed by atoms with Gasteiger partial charge in [-0.1, -0.05) is 6.42 Å². The number of hydrogen-bond donors (Lipinski definition) is 0. The summed E-state index contributed by atoms with van der Waals surface area (Å²) in [6.45, 7) is 2.12. The van der Waals surface area contributed by atoms with Crippen LogP contribution < -0.4 is 4.84 Å². The molecule has 1 aliphatic rings. The van der Waals surface area contributed by atoms with Crippen molar-refractivity contribution in [3.8, 4) is 5.75 Å². The zero-order valence-electron chi connectivity index (χ0n) is 8.08. The highest BCUT2D eigenvalue weighted by molar-refractivity contribution is 14.1. The normalized spacial score (nSPS) is 18.1. The average Bonchev–Trinajstić information content (AvgIpc) is 2.23. The van der Waals surface area contributed by atoms with E-state index in [9.17, 15) is 0 Å². The molecule has 1 aromatic rings. The van der Waals surface area contributed by atoms with Crippen molar-refractivity contribution in [1.29, 1.82) is 0 Å². The first-order valence-corrected chi connectivity index (χ1v) is 6.11. The number of piperidine rings is 1. The Balaban J connectivity index is 1.92. The fourth-order valence-electron chi connectivity index (χ4n) is 1.60. The molecule has 0 spiro atoms. The largest absolute Gasteiger partial charge is 0.406 e. The van der Waals surface area contributed by atoms with Gasteiger partial charge in [-0.3, -0.25) is 0 Å². The van der Waals surface area contributed by atoms with Crippen LogP contribution in [0.2, 0.25) is 0 Å². The maximum atomic E-state index is 5.74. The summed E-state index contributed by atoms with van der Waals surface area (Å²) in [5, 5.41) is 2.06. The Morgan fingerprint density at radius 3 is 2.29 bits per heavy atom. The summed E-state index contributed by atoms with van der Waals surface area (Å²) in [5.41, 5.74) is 0. The van der Waals surface area contributed by atoms with E-state index in [2.05, 4.69) is 39.8 Å². The van der Waals surface area contributed by atoms with Gasteiger partial charge in [0, 0.05) is 16.7 Å². The lowest BCUT2D eigenvalue weighted by molar-refractivity contribution is -0.0720. The highest BCUT2D eigenvalue weighted by Gasteiger charge is 2.11. The molecule has 2 rings (SSSR count). The number of hydroxylamine groups is 2. The lowest BCUT2D eigenvalue weighted by atomic mass is 10.2.